The normalized spacial score (nSPS) is 11.7. The number of nitrogens with zero attached hydrogens (tertiary/aromatic N) is 2. The lowest BCUT2D eigenvalue weighted by molar-refractivity contribution is 0.281. The van der Waals surface area contributed by atoms with Gasteiger partial charge in [-0.2, -0.15) is 4.98 Å². The molecule has 9 heteroatoms. The van der Waals surface area contributed by atoms with E-state index in [4.69, 9.17) is 9.63 Å². The zero-order valence-electron chi connectivity index (χ0n) is 10.3. The Kier molecular flexibility index (Phi) is 4.42. The molecule has 0 unspecified atom stereocenters. The fourth-order valence-electron chi connectivity index (χ4n) is 1.53. The molecular formula is C11H12FN3O4S. The standard InChI is InChI=1S/C11H12FN3O4S/c12-9-2-1-8(6-16)5-10(9)20(17,18)15-4-3-11-13-7-14-19-11/h1-2,5,7,15-16H,3-4,6H2. The van der Waals surface area contributed by atoms with Crippen LogP contribution >= 0.6 is 0 Å². The Labute approximate surface area is 114 Å². The zero-order valence-corrected chi connectivity index (χ0v) is 11.1. The second-order valence-electron chi connectivity index (χ2n) is 3.91. The number of aromatic nitrogens is 2. The van der Waals surface area contributed by atoms with Crippen molar-refractivity contribution in [3.63, 3.8) is 0 Å². The maximum Gasteiger partial charge on any atom is 0.243 e. The van der Waals surface area contributed by atoms with E-state index in [1.165, 1.54) is 12.4 Å². The van der Waals surface area contributed by atoms with E-state index >= 15 is 0 Å². The molecule has 0 spiro atoms. The number of hydrogen-bond acceptors (Lipinski definition) is 6. The first kappa shape index (κ1) is 14.6. The van der Waals surface area contributed by atoms with Crippen LogP contribution in [0.1, 0.15) is 11.5 Å². The van der Waals surface area contributed by atoms with Gasteiger partial charge in [0.1, 0.15) is 10.7 Å². The number of sulfonamides is 1. The van der Waals surface area contributed by atoms with Gasteiger partial charge in [-0.05, 0) is 17.7 Å². The summed E-state index contributed by atoms with van der Waals surface area (Å²) in [6, 6.07) is 3.40. The highest BCUT2D eigenvalue weighted by molar-refractivity contribution is 7.89. The fraction of sp³-hybridized carbons (Fsp3) is 0.273. The second kappa shape index (κ2) is 6.07. The molecule has 1 aromatic heterocycles. The molecule has 1 heterocycles. The lowest BCUT2D eigenvalue weighted by atomic mass is 10.2. The fourth-order valence-corrected chi connectivity index (χ4v) is 2.69. The van der Waals surface area contributed by atoms with Crippen LogP contribution in [0.25, 0.3) is 0 Å². The van der Waals surface area contributed by atoms with Crippen LogP contribution in [0.4, 0.5) is 4.39 Å². The number of hydrogen-bond donors (Lipinski definition) is 2. The van der Waals surface area contributed by atoms with Crippen LogP contribution in [0.15, 0.2) is 33.9 Å². The van der Waals surface area contributed by atoms with E-state index in [1.807, 2.05) is 0 Å². The number of nitrogens with one attached hydrogen (secondary N) is 1. The van der Waals surface area contributed by atoms with Gasteiger partial charge in [0, 0.05) is 13.0 Å². The maximum absolute atomic E-state index is 13.6. The minimum absolute atomic E-state index is 0.00663. The quantitative estimate of drug-likeness (QED) is 0.791. The Hall–Kier alpha value is -1.84. The summed E-state index contributed by atoms with van der Waals surface area (Å²) in [4.78, 5) is 3.23. The molecule has 0 radical (unpaired) electrons. The van der Waals surface area contributed by atoms with Crippen molar-refractivity contribution in [3.05, 3.63) is 41.8 Å². The molecule has 20 heavy (non-hydrogen) atoms. The van der Waals surface area contributed by atoms with Crippen molar-refractivity contribution in [1.82, 2.24) is 14.9 Å². The van der Waals surface area contributed by atoms with Gasteiger partial charge in [-0.25, -0.2) is 17.5 Å². The Morgan fingerprint density at radius 3 is 2.85 bits per heavy atom. The summed E-state index contributed by atoms with van der Waals surface area (Å²) in [7, 11) is -4.00. The van der Waals surface area contributed by atoms with Crippen LogP contribution in [-0.2, 0) is 23.1 Å². The van der Waals surface area contributed by atoms with Crippen molar-refractivity contribution >= 4 is 10.0 Å². The maximum atomic E-state index is 13.6. The Morgan fingerprint density at radius 2 is 2.20 bits per heavy atom. The van der Waals surface area contributed by atoms with E-state index in [9.17, 15) is 12.8 Å². The van der Waals surface area contributed by atoms with Crippen LogP contribution in [0.3, 0.4) is 0 Å². The predicted molar refractivity (Wildman–Crippen MR) is 65.5 cm³/mol. The summed E-state index contributed by atoms with van der Waals surface area (Å²) >= 11 is 0. The first-order chi connectivity index (χ1) is 9.53. The summed E-state index contributed by atoms with van der Waals surface area (Å²) in [5, 5.41) is 12.3. The van der Waals surface area contributed by atoms with Crippen LogP contribution in [0.2, 0.25) is 0 Å². The third-order valence-corrected chi connectivity index (χ3v) is 3.98. The van der Waals surface area contributed by atoms with Crippen molar-refractivity contribution in [1.29, 1.82) is 0 Å². The van der Waals surface area contributed by atoms with Gasteiger partial charge >= 0.3 is 0 Å². The Bertz CT molecular complexity index is 673. The number of benzene rings is 1. The molecule has 0 aliphatic rings. The lowest BCUT2D eigenvalue weighted by Gasteiger charge is -2.08. The van der Waals surface area contributed by atoms with E-state index in [0.717, 1.165) is 12.1 Å². The van der Waals surface area contributed by atoms with Gasteiger partial charge in [0.15, 0.2) is 6.33 Å². The molecule has 108 valence electrons. The number of halogens is 1. The molecule has 0 fully saturated rings. The van der Waals surface area contributed by atoms with E-state index in [2.05, 4.69) is 14.9 Å². The summed E-state index contributed by atoms with van der Waals surface area (Å²) in [5.74, 6) is -0.607. The van der Waals surface area contributed by atoms with E-state index in [-0.39, 0.29) is 25.5 Å². The molecule has 0 aliphatic carbocycles. The molecular weight excluding hydrogens is 289 g/mol. The first-order valence-electron chi connectivity index (χ1n) is 5.67. The highest BCUT2D eigenvalue weighted by Crippen LogP contribution is 2.16. The molecule has 0 saturated heterocycles. The Balaban J connectivity index is 2.09. The van der Waals surface area contributed by atoms with Crippen LogP contribution < -0.4 is 4.72 Å². The van der Waals surface area contributed by atoms with Gasteiger partial charge in [-0.15, -0.1) is 0 Å². The van der Waals surface area contributed by atoms with Crippen LogP contribution in [-0.4, -0.2) is 30.2 Å². The molecule has 0 saturated carbocycles. The molecule has 1 aromatic carbocycles. The molecule has 0 bridgehead atoms. The van der Waals surface area contributed by atoms with Crippen LogP contribution in [0.5, 0.6) is 0 Å². The monoisotopic (exact) mass is 301 g/mol. The minimum atomic E-state index is -4.00. The van der Waals surface area contributed by atoms with Crippen molar-refractivity contribution in [2.24, 2.45) is 0 Å². The molecule has 2 N–H and O–H groups in total. The number of rotatable bonds is 6. The first-order valence-corrected chi connectivity index (χ1v) is 7.16. The van der Waals surface area contributed by atoms with E-state index in [0.29, 0.717) is 5.56 Å². The van der Waals surface area contributed by atoms with E-state index < -0.39 is 20.7 Å². The lowest BCUT2D eigenvalue weighted by Crippen LogP contribution is -2.27. The van der Waals surface area contributed by atoms with Crippen LogP contribution in [0, 0.1) is 5.82 Å². The smallest absolute Gasteiger partial charge is 0.243 e. The molecule has 0 aliphatic heterocycles. The summed E-state index contributed by atoms with van der Waals surface area (Å²) in [5.41, 5.74) is 0.309. The van der Waals surface area contributed by atoms with Crippen molar-refractivity contribution in [3.8, 4) is 0 Å². The largest absolute Gasteiger partial charge is 0.392 e. The topological polar surface area (TPSA) is 105 Å². The highest BCUT2D eigenvalue weighted by Gasteiger charge is 2.19. The summed E-state index contributed by atoms with van der Waals surface area (Å²) in [6.45, 7) is -0.377. The molecule has 2 rings (SSSR count). The molecule has 0 amide bonds. The molecule has 2 aromatic rings. The third kappa shape index (κ3) is 3.38. The van der Waals surface area contributed by atoms with Gasteiger partial charge < -0.3 is 9.63 Å². The highest BCUT2D eigenvalue weighted by atomic mass is 32.2. The summed E-state index contributed by atoms with van der Waals surface area (Å²) < 4.78 is 44.4. The third-order valence-electron chi connectivity index (χ3n) is 2.51. The average molecular weight is 301 g/mol. The summed E-state index contributed by atoms with van der Waals surface area (Å²) in [6.07, 6.45) is 1.40. The zero-order chi connectivity index (χ0) is 14.6. The van der Waals surface area contributed by atoms with Crippen molar-refractivity contribution in [2.75, 3.05) is 6.54 Å². The van der Waals surface area contributed by atoms with Gasteiger partial charge in [-0.3, -0.25) is 0 Å². The van der Waals surface area contributed by atoms with Gasteiger partial charge in [0.25, 0.3) is 0 Å². The number of aliphatic hydroxyl groups is 1. The van der Waals surface area contributed by atoms with E-state index in [1.54, 1.807) is 0 Å². The van der Waals surface area contributed by atoms with Gasteiger partial charge in [-0.1, -0.05) is 11.2 Å². The van der Waals surface area contributed by atoms with Gasteiger partial charge in [0.05, 0.1) is 6.61 Å². The SMILES string of the molecule is O=S(=O)(NCCc1ncno1)c1cc(CO)ccc1F. The predicted octanol–water partition coefficient (Wildman–Crippen LogP) is 0.222. The molecule has 7 nitrogen and oxygen atoms in total. The van der Waals surface area contributed by atoms with Gasteiger partial charge in [0.2, 0.25) is 15.9 Å². The van der Waals surface area contributed by atoms with Crippen molar-refractivity contribution < 1.29 is 22.4 Å². The second-order valence-corrected chi connectivity index (χ2v) is 5.64. The number of aliphatic hydroxyl groups excluding tert-OH is 1. The van der Waals surface area contributed by atoms with Crippen molar-refractivity contribution in [2.45, 2.75) is 17.9 Å². The minimum Gasteiger partial charge on any atom is -0.392 e. The molecule has 0 atom stereocenters. The Morgan fingerprint density at radius 1 is 1.40 bits per heavy atom. The average Bonchev–Trinajstić information content (AvgIpc) is 2.92.